The molecule has 1 saturated heterocycles. The van der Waals surface area contributed by atoms with E-state index in [2.05, 4.69) is 78.7 Å². The van der Waals surface area contributed by atoms with Crippen LogP contribution < -0.4 is 11.1 Å². The van der Waals surface area contributed by atoms with Gasteiger partial charge >= 0.3 is 5.97 Å². The molecule has 2 heterocycles. The molecule has 4 aliphatic carbocycles. The first-order chi connectivity index (χ1) is 23.7. The Morgan fingerprint density at radius 1 is 1.12 bits per heavy atom. The molecule has 6 rings (SSSR count). The van der Waals surface area contributed by atoms with Gasteiger partial charge in [-0.1, -0.05) is 74.0 Å². The molecular weight excluding hydrogens is 642 g/mol. The van der Waals surface area contributed by atoms with Crippen molar-refractivity contribution >= 4 is 11.9 Å². The summed E-state index contributed by atoms with van der Waals surface area (Å²) in [5, 5.41) is 18.8. The topological polar surface area (TPSA) is 142 Å². The lowest BCUT2D eigenvalue weighted by atomic mass is 9.34. The third kappa shape index (κ3) is 5.49. The maximum absolute atomic E-state index is 13.5. The number of rotatable bonds is 10. The number of nitrogens with one attached hydrogen (secondary N) is 1. The number of fused-ring (bicyclic) bond motifs is 3. The standard InChI is InChI=1S/C41H67N5O5/c1-12-43-34(47)33-44-23-45-46(33)29-19-41-22-50-20-37(8,32(29)51-21-40(11,42)25(4)5)30(41)14-13-27-28(41)15-16-39(10)31(35(48)49)36(7,26(6)24(2)3)17-18-38(27,39)9/h15,23-27,29-32H,12-14,16-22,42H2,1-11H3,(H,43,47)(H,48,49)/t26-,27+,29-,30+,31-,32+,36-,37-,38-,39+,40+,41+/m1/s1. The summed E-state index contributed by atoms with van der Waals surface area (Å²) in [4.78, 5) is 31.4. The van der Waals surface area contributed by atoms with Gasteiger partial charge in [-0.25, -0.2) is 9.67 Å². The predicted molar refractivity (Wildman–Crippen MR) is 198 cm³/mol. The fourth-order valence-corrected chi connectivity index (χ4v) is 12.5. The van der Waals surface area contributed by atoms with Crippen molar-refractivity contribution in [1.82, 2.24) is 20.1 Å². The highest BCUT2D eigenvalue weighted by atomic mass is 16.5. The molecule has 1 aromatic rings. The number of nitrogens with zero attached hydrogens (tertiary/aromatic N) is 3. The third-order valence-corrected chi connectivity index (χ3v) is 16.4. The number of carbonyl (C=O) groups excluding carboxylic acids is 1. The summed E-state index contributed by atoms with van der Waals surface area (Å²) in [6.07, 6.45) is 9.03. The van der Waals surface area contributed by atoms with E-state index >= 15 is 0 Å². The van der Waals surface area contributed by atoms with Gasteiger partial charge in [0.25, 0.3) is 5.91 Å². The van der Waals surface area contributed by atoms with Crippen molar-refractivity contribution in [3.8, 4) is 0 Å². The molecule has 10 nitrogen and oxygen atoms in total. The maximum Gasteiger partial charge on any atom is 0.307 e. The molecule has 10 heteroatoms. The Hall–Kier alpha value is -2.30. The molecule has 4 N–H and O–H groups in total. The summed E-state index contributed by atoms with van der Waals surface area (Å²) < 4.78 is 15.6. The van der Waals surface area contributed by atoms with E-state index in [1.54, 1.807) is 0 Å². The Morgan fingerprint density at radius 3 is 2.45 bits per heavy atom. The lowest BCUT2D eigenvalue weighted by Crippen LogP contribution is -2.69. The average Bonchev–Trinajstić information content (AvgIpc) is 3.54. The fraction of sp³-hybridized carbons (Fsp3) is 0.854. The second kappa shape index (κ2) is 12.9. The van der Waals surface area contributed by atoms with Crippen LogP contribution in [0, 0.1) is 62.6 Å². The Kier molecular flexibility index (Phi) is 9.74. The molecule has 12 atom stereocenters. The van der Waals surface area contributed by atoms with E-state index in [0.29, 0.717) is 50.4 Å². The lowest BCUT2D eigenvalue weighted by molar-refractivity contribution is -0.252. The fourth-order valence-electron chi connectivity index (χ4n) is 12.5. The van der Waals surface area contributed by atoms with Gasteiger partial charge in [0.2, 0.25) is 5.82 Å². The number of hydrogen-bond acceptors (Lipinski definition) is 7. The molecule has 51 heavy (non-hydrogen) atoms. The van der Waals surface area contributed by atoms with Crippen molar-refractivity contribution in [2.45, 2.75) is 132 Å². The molecule has 3 saturated carbocycles. The Balaban J connectivity index is 1.47. The molecule has 0 radical (unpaired) electrons. The van der Waals surface area contributed by atoms with Crippen LogP contribution in [0.3, 0.4) is 0 Å². The molecule has 286 valence electrons. The summed E-state index contributed by atoms with van der Waals surface area (Å²) in [5.41, 5.74) is 6.16. The van der Waals surface area contributed by atoms with Crippen molar-refractivity contribution < 1.29 is 24.2 Å². The van der Waals surface area contributed by atoms with Gasteiger partial charge in [-0.05, 0) is 98.2 Å². The van der Waals surface area contributed by atoms with Crippen LogP contribution >= 0.6 is 0 Å². The van der Waals surface area contributed by atoms with E-state index in [1.165, 1.54) is 11.9 Å². The zero-order valence-corrected chi connectivity index (χ0v) is 33.3. The SMILES string of the molecule is CCNC(=O)c1ncnn1[C@@H]1C[C@@]23COC[C@](C)([C@@H]2CC[C@H]2C3=CC[C@@]3(C)[C@H](C(=O)O)[C@@](C)([C@H](C)C(C)C)CC[C@]23C)[C@H]1OC[C@](C)(N)C(C)C. The minimum absolute atomic E-state index is 0.190. The minimum atomic E-state index is -0.647. The van der Waals surface area contributed by atoms with Gasteiger partial charge in [-0.3, -0.25) is 9.59 Å². The van der Waals surface area contributed by atoms with E-state index < -0.39 is 22.8 Å². The summed E-state index contributed by atoms with van der Waals surface area (Å²) >= 11 is 0. The molecule has 1 aromatic heterocycles. The van der Waals surface area contributed by atoms with E-state index in [0.717, 1.165) is 32.1 Å². The molecule has 4 fully saturated rings. The number of ether oxygens (including phenoxy) is 2. The zero-order chi connectivity index (χ0) is 37.5. The molecular formula is C41H67N5O5. The van der Waals surface area contributed by atoms with Gasteiger partial charge in [0.1, 0.15) is 6.33 Å². The van der Waals surface area contributed by atoms with Crippen LogP contribution in [0.2, 0.25) is 0 Å². The lowest BCUT2D eigenvalue weighted by Gasteiger charge is -2.71. The smallest absolute Gasteiger partial charge is 0.307 e. The average molecular weight is 710 g/mol. The number of carboxylic acid groups (broad SMARTS) is 1. The normalized spacial score (nSPS) is 42.2. The van der Waals surface area contributed by atoms with Crippen LogP contribution in [0.5, 0.6) is 0 Å². The zero-order valence-electron chi connectivity index (χ0n) is 33.3. The van der Waals surface area contributed by atoms with E-state index in [9.17, 15) is 14.7 Å². The van der Waals surface area contributed by atoms with Crippen molar-refractivity contribution in [3.05, 3.63) is 23.8 Å². The summed E-state index contributed by atoms with van der Waals surface area (Å²) in [5.74, 6) is 0.394. The first kappa shape index (κ1) is 38.4. The van der Waals surface area contributed by atoms with E-state index in [4.69, 9.17) is 20.3 Å². The molecule has 0 unspecified atom stereocenters. The van der Waals surface area contributed by atoms with Crippen molar-refractivity contribution in [2.75, 3.05) is 26.4 Å². The number of carboxylic acids is 1. The largest absolute Gasteiger partial charge is 0.481 e. The van der Waals surface area contributed by atoms with Crippen LogP contribution in [0.25, 0.3) is 0 Å². The molecule has 0 aromatic carbocycles. The highest BCUT2D eigenvalue weighted by Crippen LogP contribution is 2.75. The Morgan fingerprint density at radius 2 is 1.82 bits per heavy atom. The van der Waals surface area contributed by atoms with Crippen LogP contribution in [0.15, 0.2) is 18.0 Å². The quantitative estimate of drug-likeness (QED) is 0.223. The maximum atomic E-state index is 13.5. The van der Waals surface area contributed by atoms with Gasteiger partial charge in [0, 0.05) is 22.9 Å². The van der Waals surface area contributed by atoms with Gasteiger partial charge in [0.05, 0.1) is 37.9 Å². The van der Waals surface area contributed by atoms with Gasteiger partial charge in [-0.2, -0.15) is 5.10 Å². The van der Waals surface area contributed by atoms with Crippen LogP contribution in [-0.4, -0.2) is 69.8 Å². The Bertz CT molecular complexity index is 1540. The number of hydrogen-bond donors (Lipinski definition) is 3. The summed E-state index contributed by atoms with van der Waals surface area (Å²) in [6.45, 7) is 26.3. The van der Waals surface area contributed by atoms with Crippen molar-refractivity contribution in [1.29, 1.82) is 0 Å². The Labute approximate surface area is 306 Å². The monoisotopic (exact) mass is 710 g/mol. The summed E-state index contributed by atoms with van der Waals surface area (Å²) in [7, 11) is 0. The predicted octanol–water partition coefficient (Wildman–Crippen LogP) is 6.92. The number of nitrogens with two attached hydrogens (primary N) is 1. The molecule has 5 aliphatic rings. The molecule has 1 amide bonds. The van der Waals surface area contributed by atoms with Crippen molar-refractivity contribution in [3.63, 3.8) is 0 Å². The third-order valence-electron chi connectivity index (χ3n) is 16.4. The molecule has 2 bridgehead atoms. The van der Waals surface area contributed by atoms with Gasteiger partial charge in [0.15, 0.2) is 0 Å². The molecule has 0 spiro atoms. The first-order valence-electron chi connectivity index (χ1n) is 19.8. The van der Waals surface area contributed by atoms with Crippen LogP contribution in [0.4, 0.5) is 0 Å². The second-order valence-electron chi connectivity index (χ2n) is 19.4. The number of aliphatic carboxylic acids is 1. The van der Waals surface area contributed by atoms with Crippen LogP contribution in [0.1, 0.15) is 131 Å². The van der Waals surface area contributed by atoms with E-state index in [-0.39, 0.29) is 57.5 Å². The van der Waals surface area contributed by atoms with Gasteiger partial charge in [-0.15, -0.1) is 0 Å². The number of aromatic nitrogens is 3. The highest BCUT2D eigenvalue weighted by molar-refractivity contribution is 5.90. The van der Waals surface area contributed by atoms with Gasteiger partial charge < -0.3 is 25.6 Å². The number of allylic oxidation sites excluding steroid dienone is 1. The summed E-state index contributed by atoms with van der Waals surface area (Å²) in [6, 6.07) is -0.271. The minimum Gasteiger partial charge on any atom is -0.481 e. The van der Waals surface area contributed by atoms with E-state index in [1.807, 2.05) is 18.5 Å². The van der Waals surface area contributed by atoms with Crippen LogP contribution in [-0.2, 0) is 14.3 Å². The number of carbonyl (C=O) groups is 2. The number of amides is 1. The first-order valence-corrected chi connectivity index (χ1v) is 19.8. The molecule has 1 aliphatic heterocycles. The van der Waals surface area contributed by atoms with Crippen molar-refractivity contribution in [2.24, 2.45) is 68.3 Å². The second-order valence-corrected chi connectivity index (χ2v) is 19.4. The highest BCUT2D eigenvalue weighted by Gasteiger charge is 2.72.